The fraction of sp³-hybridized carbons (Fsp3) is 0.250. The van der Waals surface area contributed by atoms with E-state index in [9.17, 15) is 4.79 Å². The molecule has 3 aliphatic rings. The zero-order valence-corrected chi connectivity index (χ0v) is 11.5. The van der Waals surface area contributed by atoms with E-state index in [1.165, 1.54) is 0 Å². The SMILES string of the molecule is O=C1CN2C(=N1)C(N1C[CH]C1)=Nc1ccc(Br)nc12. The van der Waals surface area contributed by atoms with Crippen LogP contribution in [-0.4, -0.2) is 47.1 Å². The molecule has 1 radical (unpaired) electrons. The molecule has 6 nitrogen and oxygen atoms in total. The zero-order chi connectivity index (χ0) is 13.0. The number of hydrogen-bond donors (Lipinski definition) is 0. The molecular weight excluding hydrogens is 310 g/mol. The zero-order valence-electron chi connectivity index (χ0n) is 9.88. The van der Waals surface area contributed by atoms with Crippen LogP contribution in [0.15, 0.2) is 26.7 Å². The van der Waals surface area contributed by atoms with Gasteiger partial charge < -0.3 is 4.90 Å². The van der Waals surface area contributed by atoms with Crippen molar-refractivity contribution in [2.24, 2.45) is 9.98 Å². The Morgan fingerprint density at radius 3 is 2.74 bits per heavy atom. The molecule has 4 heterocycles. The molecule has 1 aromatic heterocycles. The van der Waals surface area contributed by atoms with E-state index >= 15 is 0 Å². The van der Waals surface area contributed by atoms with Crippen molar-refractivity contribution < 1.29 is 4.79 Å². The van der Waals surface area contributed by atoms with Crippen molar-refractivity contribution in [3.05, 3.63) is 23.2 Å². The molecule has 0 N–H and O–H groups in total. The highest BCUT2D eigenvalue weighted by atomic mass is 79.9. The highest BCUT2D eigenvalue weighted by molar-refractivity contribution is 9.10. The maximum absolute atomic E-state index is 11.6. The molecule has 0 saturated carbocycles. The summed E-state index contributed by atoms with van der Waals surface area (Å²) < 4.78 is 0.723. The van der Waals surface area contributed by atoms with Crippen molar-refractivity contribution in [1.82, 2.24) is 9.88 Å². The Labute approximate surface area is 118 Å². The normalized spacial score (nSPS) is 20.6. The van der Waals surface area contributed by atoms with E-state index < -0.39 is 0 Å². The van der Waals surface area contributed by atoms with Crippen LogP contribution in [0.4, 0.5) is 11.5 Å². The average molecular weight is 319 g/mol. The quantitative estimate of drug-likeness (QED) is 0.673. The number of likely N-dealkylation sites (tertiary alicyclic amines) is 1. The number of aromatic nitrogens is 1. The van der Waals surface area contributed by atoms with Crippen molar-refractivity contribution in [2.45, 2.75) is 0 Å². The lowest BCUT2D eigenvalue weighted by molar-refractivity contribution is -0.115. The standard InChI is InChI=1S/C12H9BrN5O/c13-8-3-2-7-10(15-8)18-6-9(19)16-12(18)11(14-7)17-4-1-5-17/h1-3H,4-6H2. The largest absolute Gasteiger partial charge is 0.353 e. The number of carbonyl (C=O) groups is 1. The molecule has 1 amide bonds. The minimum atomic E-state index is -0.151. The van der Waals surface area contributed by atoms with E-state index in [2.05, 4.69) is 42.2 Å². The molecule has 0 aromatic carbocycles. The van der Waals surface area contributed by atoms with E-state index in [1.807, 2.05) is 17.0 Å². The Kier molecular flexibility index (Phi) is 2.26. The van der Waals surface area contributed by atoms with E-state index in [-0.39, 0.29) is 12.5 Å². The topological polar surface area (TPSA) is 61.2 Å². The van der Waals surface area contributed by atoms with Gasteiger partial charge in [-0.05, 0) is 28.1 Å². The molecule has 19 heavy (non-hydrogen) atoms. The van der Waals surface area contributed by atoms with Gasteiger partial charge in [0, 0.05) is 19.5 Å². The summed E-state index contributed by atoms with van der Waals surface area (Å²) in [5.41, 5.74) is 0.777. The van der Waals surface area contributed by atoms with Crippen molar-refractivity contribution >= 4 is 45.0 Å². The van der Waals surface area contributed by atoms with E-state index in [1.54, 1.807) is 0 Å². The number of carbonyl (C=O) groups excluding carboxylic acids is 1. The first kappa shape index (κ1) is 11.1. The summed E-state index contributed by atoms with van der Waals surface area (Å²) in [6, 6.07) is 3.75. The highest BCUT2D eigenvalue weighted by Gasteiger charge is 2.37. The van der Waals surface area contributed by atoms with Gasteiger partial charge in [-0.25, -0.2) is 9.98 Å². The molecule has 0 bridgehead atoms. The molecule has 1 saturated heterocycles. The first-order valence-corrected chi connectivity index (χ1v) is 6.73. The van der Waals surface area contributed by atoms with Crippen LogP contribution in [0, 0.1) is 6.42 Å². The number of rotatable bonds is 0. The van der Waals surface area contributed by atoms with Crippen LogP contribution in [0.2, 0.25) is 0 Å². The maximum atomic E-state index is 11.6. The molecule has 0 spiro atoms. The van der Waals surface area contributed by atoms with Gasteiger partial charge in [0.15, 0.2) is 17.5 Å². The smallest absolute Gasteiger partial charge is 0.267 e. The number of fused-ring (bicyclic) bond motifs is 3. The second kappa shape index (κ2) is 3.86. The molecule has 1 aromatic rings. The third kappa shape index (κ3) is 1.61. The number of hydrogen-bond acceptors (Lipinski definition) is 5. The summed E-state index contributed by atoms with van der Waals surface area (Å²) in [6.07, 6.45) is 2.15. The summed E-state index contributed by atoms with van der Waals surface area (Å²) in [6.45, 7) is 1.93. The summed E-state index contributed by atoms with van der Waals surface area (Å²) in [5.74, 6) is 1.93. The lowest BCUT2D eigenvalue weighted by Gasteiger charge is -2.37. The van der Waals surface area contributed by atoms with Crippen LogP contribution < -0.4 is 4.90 Å². The molecule has 4 rings (SSSR count). The van der Waals surface area contributed by atoms with Gasteiger partial charge in [-0.15, -0.1) is 0 Å². The third-order valence-corrected chi connectivity index (χ3v) is 3.72. The van der Waals surface area contributed by atoms with Crippen LogP contribution in [-0.2, 0) is 4.79 Å². The van der Waals surface area contributed by atoms with Crippen LogP contribution >= 0.6 is 15.9 Å². The lowest BCUT2D eigenvalue weighted by Crippen LogP contribution is -2.51. The van der Waals surface area contributed by atoms with Gasteiger partial charge in [0.1, 0.15) is 16.8 Å². The Morgan fingerprint density at radius 2 is 2.00 bits per heavy atom. The summed E-state index contributed by atoms with van der Waals surface area (Å²) in [5, 5.41) is 0. The highest BCUT2D eigenvalue weighted by Crippen LogP contribution is 2.35. The summed E-state index contributed by atoms with van der Waals surface area (Å²) >= 11 is 3.34. The number of nitrogens with zero attached hydrogens (tertiary/aromatic N) is 5. The maximum Gasteiger partial charge on any atom is 0.267 e. The Balaban J connectivity index is 1.89. The summed E-state index contributed by atoms with van der Waals surface area (Å²) in [4.78, 5) is 28.6. The predicted molar refractivity (Wildman–Crippen MR) is 74.7 cm³/mol. The van der Waals surface area contributed by atoms with E-state index in [0.29, 0.717) is 11.7 Å². The van der Waals surface area contributed by atoms with Gasteiger partial charge in [-0.2, -0.15) is 4.99 Å². The first-order valence-electron chi connectivity index (χ1n) is 5.93. The van der Waals surface area contributed by atoms with Crippen LogP contribution in [0.5, 0.6) is 0 Å². The molecule has 95 valence electrons. The van der Waals surface area contributed by atoms with E-state index in [0.717, 1.165) is 29.2 Å². The van der Waals surface area contributed by atoms with Gasteiger partial charge in [0.2, 0.25) is 0 Å². The van der Waals surface area contributed by atoms with Crippen LogP contribution in [0.25, 0.3) is 0 Å². The number of anilines is 1. The fourth-order valence-electron chi connectivity index (χ4n) is 2.28. The van der Waals surface area contributed by atoms with Gasteiger partial charge in [-0.1, -0.05) is 0 Å². The number of amidine groups is 2. The number of pyridine rings is 1. The van der Waals surface area contributed by atoms with Gasteiger partial charge in [0.05, 0.1) is 0 Å². The van der Waals surface area contributed by atoms with Gasteiger partial charge in [0.25, 0.3) is 5.91 Å². The van der Waals surface area contributed by atoms with Crippen LogP contribution in [0.1, 0.15) is 0 Å². The van der Waals surface area contributed by atoms with Gasteiger partial charge >= 0.3 is 0 Å². The molecule has 1 fully saturated rings. The minimum Gasteiger partial charge on any atom is -0.353 e. The van der Waals surface area contributed by atoms with Crippen LogP contribution in [0.3, 0.4) is 0 Å². The molecular formula is C12H9BrN5O. The first-order chi connectivity index (χ1) is 9.22. The lowest BCUT2D eigenvalue weighted by atomic mass is 10.2. The monoisotopic (exact) mass is 318 g/mol. The molecule has 0 unspecified atom stereocenters. The minimum absolute atomic E-state index is 0.151. The van der Waals surface area contributed by atoms with Crippen molar-refractivity contribution in [2.75, 3.05) is 24.5 Å². The summed E-state index contributed by atoms with van der Waals surface area (Å²) in [7, 11) is 0. The fourth-order valence-corrected chi connectivity index (χ4v) is 2.58. The number of amides is 1. The third-order valence-electron chi connectivity index (χ3n) is 3.28. The second-order valence-corrected chi connectivity index (χ2v) is 5.33. The molecule has 0 atom stereocenters. The number of halogens is 1. The second-order valence-electron chi connectivity index (χ2n) is 4.52. The average Bonchev–Trinajstić information content (AvgIpc) is 2.70. The predicted octanol–water partition coefficient (Wildman–Crippen LogP) is 1.15. The van der Waals surface area contributed by atoms with Crippen molar-refractivity contribution in [3.63, 3.8) is 0 Å². The van der Waals surface area contributed by atoms with Crippen molar-refractivity contribution in [1.29, 1.82) is 0 Å². The van der Waals surface area contributed by atoms with E-state index in [4.69, 9.17) is 0 Å². The van der Waals surface area contributed by atoms with Crippen molar-refractivity contribution in [3.8, 4) is 0 Å². The number of aliphatic imine (C=N–C) groups is 2. The Hall–Kier alpha value is -1.76. The molecule has 0 aliphatic carbocycles. The molecule has 3 aliphatic heterocycles. The Bertz CT molecular complexity index is 650. The Morgan fingerprint density at radius 1 is 1.16 bits per heavy atom. The molecule has 7 heteroatoms. The van der Waals surface area contributed by atoms with Gasteiger partial charge in [-0.3, -0.25) is 9.69 Å².